The molecule has 5 nitrogen and oxygen atoms in total. The van der Waals surface area contributed by atoms with Crippen LogP contribution in [0.2, 0.25) is 5.02 Å². The third-order valence-electron chi connectivity index (χ3n) is 4.47. The van der Waals surface area contributed by atoms with E-state index in [-0.39, 0.29) is 0 Å². The van der Waals surface area contributed by atoms with E-state index in [1.54, 1.807) is 6.26 Å². The van der Waals surface area contributed by atoms with Gasteiger partial charge in [-0.15, -0.1) is 0 Å². The molecule has 1 atom stereocenters. The van der Waals surface area contributed by atoms with E-state index < -0.39 is 0 Å². The molecule has 1 aliphatic rings. The van der Waals surface area contributed by atoms with Gasteiger partial charge >= 0.3 is 0 Å². The first-order chi connectivity index (χ1) is 12.7. The SMILES string of the molecule is Cc1cc(CN=C(NCCc2ccco2)NCC2CCOC2)ccc1Cl. The lowest BCUT2D eigenvalue weighted by molar-refractivity contribution is 0.186. The summed E-state index contributed by atoms with van der Waals surface area (Å²) in [6.45, 7) is 5.93. The van der Waals surface area contributed by atoms with Gasteiger partial charge in [0.15, 0.2) is 5.96 Å². The molecule has 2 N–H and O–H groups in total. The van der Waals surface area contributed by atoms with Crippen LogP contribution in [-0.4, -0.2) is 32.3 Å². The zero-order valence-corrected chi connectivity index (χ0v) is 15.9. The van der Waals surface area contributed by atoms with Gasteiger partial charge in [0.1, 0.15) is 5.76 Å². The molecule has 26 heavy (non-hydrogen) atoms. The molecule has 0 saturated carbocycles. The van der Waals surface area contributed by atoms with Gasteiger partial charge in [-0.1, -0.05) is 23.7 Å². The lowest BCUT2D eigenvalue weighted by Crippen LogP contribution is -2.40. The van der Waals surface area contributed by atoms with E-state index in [9.17, 15) is 0 Å². The predicted octanol–water partition coefficient (Wildman–Crippen LogP) is 3.56. The zero-order chi connectivity index (χ0) is 18.2. The molecule has 1 aromatic carbocycles. The van der Waals surface area contributed by atoms with E-state index in [1.807, 2.05) is 31.2 Å². The van der Waals surface area contributed by atoms with Crippen LogP contribution in [0.5, 0.6) is 0 Å². The molecule has 140 valence electrons. The quantitative estimate of drug-likeness (QED) is 0.574. The first-order valence-electron chi connectivity index (χ1n) is 9.08. The normalized spacial score (nSPS) is 17.5. The Morgan fingerprint density at radius 3 is 2.96 bits per heavy atom. The summed E-state index contributed by atoms with van der Waals surface area (Å²) in [6.07, 6.45) is 3.62. The van der Waals surface area contributed by atoms with Gasteiger partial charge in [0.25, 0.3) is 0 Å². The van der Waals surface area contributed by atoms with E-state index in [0.717, 1.165) is 67.0 Å². The van der Waals surface area contributed by atoms with Crippen molar-refractivity contribution in [3.8, 4) is 0 Å². The first kappa shape index (κ1) is 18.8. The molecule has 1 unspecified atom stereocenters. The summed E-state index contributed by atoms with van der Waals surface area (Å²) in [5.41, 5.74) is 2.21. The number of aryl methyl sites for hydroxylation is 1. The Morgan fingerprint density at radius 2 is 2.23 bits per heavy atom. The van der Waals surface area contributed by atoms with Crippen LogP contribution in [0, 0.1) is 12.8 Å². The van der Waals surface area contributed by atoms with Gasteiger partial charge in [0, 0.05) is 37.1 Å². The number of rotatable bonds is 7. The van der Waals surface area contributed by atoms with E-state index in [0.29, 0.717) is 12.5 Å². The summed E-state index contributed by atoms with van der Waals surface area (Å²) in [5.74, 6) is 2.33. The van der Waals surface area contributed by atoms with Gasteiger partial charge in [0.05, 0.1) is 19.4 Å². The van der Waals surface area contributed by atoms with Gasteiger partial charge in [-0.3, -0.25) is 0 Å². The minimum absolute atomic E-state index is 0.546. The zero-order valence-electron chi connectivity index (χ0n) is 15.1. The van der Waals surface area contributed by atoms with Crippen LogP contribution in [0.3, 0.4) is 0 Å². The summed E-state index contributed by atoms with van der Waals surface area (Å²) in [4.78, 5) is 4.72. The van der Waals surface area contributed by atoms with Crippen molar-refractivity contribution in [1.82, 2.24) is 10.6 Å². The molecule has 0 amide bonds. The van der Waals surface area contributed by atoms with Crippen LogP contribution in [0.4, 0.5) is 0 Å². The molecule has 0 spiro atoms. The summed E-state index contributed by atoms with van der Waals surface area (Å²) in [7, 11) is 0. The van der Waals surface area contributed by atoms with Crippen molar-refractivity contribution in [3.63, 3.8) is 0 Å². The lowest BCUT2D eigenvalue weighted by atomic mass is 10.1. The highest BCUT2D eigenvalue weighted by Crippen LogP contribution is 2.16. The molecule has 1 aromatic heterocycles. The van der Waals surface area contributed by atoms with Gasteiger partial charge in [-0.25, -0.2) is 4.99 Å². The highest BCUT2D eigenvalue weighted by molar-refractivity contribution is 6.31. The molecule has 0 bridgehead atoms. The van der Waals surface area contributed by atoms with Crippen molar-refractivity contribution in [1.29, 1.82) is 0 Å². The molecule has 1 saturated heterocycles. The van der Waals surface area contributed by atoms with Crippen molar-refractivity contribution in [2.45, 2.75) is 26.3 Å². The molecule has 0 radical (unpaired) electrons. The van der Waals surface area contributed by atoms with Gasteiger partial charge < -0.3 is 19.8 Å². The number of ether oxygens (including phenoxy) is 1. The monoisotopic (exact) mass is 375 g/mol. The van der Waals surface area contributed by atoms with Crippen LogP contribution in [0.15, 0.2) is 46.0 Å². The van der Waals surface area contributed by atoms with Crippen LogP contribution in [0.25, 0.3) is 0 Å². The predicted molar refractivity (Wildman–Crippen MR) is 105 cm³/mol. The number of guanidine groups is 1. The second kappa shape index (κ2) is 9.64. The second-order valence-electron chi connectivity index (χ2n) is 6.62. The van der Waals surface area contributed by atoms with Crippen LogP contribution < -0.4 is 10.6 Å². The average molecular weight is 376 g/mol. The standard InChI is InChI=1S/C20H26ClN3O2/c1-15-11-16(4-5-19(15)21)12-23-20(24-13-17-7-10-25-14-17)22-8-6-18-3-2-9-26-18/h2-5,9,11,17H,6-8,10,12-14H2,1H3,(H2,22,23,24). The van der Waals surface area contributed by atoms with E-state index in [1.165, 1.54) is 0 Å². The molecular formula is C20H26ClN3O2. The maximum Gasteiger partial charge on any atom is 0.191 e. The Morgan fingerprint density at radius 1 is 1.31 bits per heavy atom. The Hall–Kier alpha value is -1.98. The van der Waals surface area contributed by atoms with E-state index in [4.69, 9.17) is 25.7 Å². The summed E-state index contributed by atoms with van der Waals surface area (Å²) in [6, 6.07) is 9.92. The second-order valence-corrected chi connectivity index (χ2v) is 7.02. The van der Waals surface area contributed by atoms with E-state index >= 15 is 0 Å². The Labute approximate surface area is 159 Å². The third-order valence-corrected chi connectivity index (χ3v) is 4.89. The summed E-state index contributed by atoms with van der Waals surface area (Å²) < 4.78 is 10.8. The number of hydrogen-bond acceptors (Lipinski definition) is 3. The van der Waals surface area contributed by atoms with Crippen LogP contribution in [0.1, 0.15) is 23.3 Å². The molecule has 2 aromatic rings. The minimum Gasteiger partial charge on any atom is -0.469 e. The van der Waals surface area contributed by atoms with Crippen molar-refractivity contribution in [3.05, 3.63) is 58.5 Å². The molecule has 1 aliphatic heterocycles. The van der Waals surface area contributed by atoms with Gasteiger partial charge in [0.2, 0.25) is 0 Å². The van der Waals surface area contributed by atoms with Gasteiger partial charge in [-0.2, -0.15) is 0 Å². The van der Waals surface area contributed by atoms with Crippen molar-refractivity contribution >= 4 is 17.6 Å². The Kier molecular flexibility index (Phi) is 6.97. The minimum atomic E-state index is 0.546. The number of nitrogens with zero attached hydrogens (tertiary/aromatic N) is 1. The smallest absolute Gasteiger partial charge is 0.191 e. The van der Waals surface area contributed by atoms with Crippen molar-refractivity contribution in [2.75, 3.05) is 26.3 Å². The number of benzene rings is 1. The third kappa shape index (κ3) is 5.78. The first-order valence-corrected chi connectivity index (χ1v) is 9.46. The molecule has 2 heterocycles. The van der Waals surface area contributed by atoms with Crippen LogP contribution >= 0.6 is 11.6 Å². The van der Waals surface area contributed by atoms with Gasteiger partial charge in [-0.05, 0) is 42.7 Å². The molecule has 0 aliphatic carbocycles. The van der Waals surface area contributed by atoms with Crippen LogP contribution in [-0.2, 0) is 17.7 Å². The number of nitrogens with one attached hydrogen (secondary N) is 2. The largest absolute Gasteiger partial charge is 0.469 e. The maximum atomic E-state index is 6.10. The number of furan rings is 1. The Bertz CT molecular complexity index is 710. The molecule has 1 fully saturated rings. The fraction of sp³-hybridized carbons (Fsp3) is 0.450. The fourth-order valence-electron chi connectivity index (χ4n) is 2.89. The molecule has 6 heteroatoms. The van der Waals surface area contributed by atoms with E-state index in [2.05, 4.69) is 16.7 Å². The highest BCUT2D eigenvalue weighted by atomic mass is 35.5. The molecule has 3 rings (SSSR count). The number of halogens is 1. The number of aliphatic imine (C=N–C) groups is 1. The average Bonchev–Trinajstić information content (AvgIpc) is 3.33. The topological polar surface area (TPSA) is 58.8 Å². The Balaban J connectivity index is 1.56. The van der Waals surface area contributed by atoms with Crippen molar-refractivity contribution in [2.24, 2.45) is 10.9 Å². The molecular weight excluding hydrogens is 350 g/mol. The lowest BCUT2D eigenvalue weighted by Gasteiger charge is -2.15. The highest BCUT2D eigenvalue weighted by Gasteiger charge is 2.15. The maximum absolute atomic E-state index is 6.10. The fourth-order valence-corrected chi connectivity index (χ4v) is 3.01. The number of hydrogen-bond donors (Lipinski definition) is 2. The summed E-state index contributed by atoms with van der Waals surface area (Å²) >= 11 is 6.10. The summed E-state index contributed by atoms with van der Waals surface area (Å²) in [5, 5.41) is 7.62. The van der Waals surface area contributed by atoms with Crippen molar-refractivity contribution < 1.29 is 9.15 Å².